The van der Waals surface area contributed by atoms with Crippen molar-refractivity contribution in [3.63, 3.8) is 0 Å². The summed E-state index contributed by atoms with van der Waals surface area (Å²) in [4.78, 5) is 27.8. The van der Waals surface area contributed by atoms with Crippen LogP contribution in [0.4, 0.5) is 0 Å². The van der Waals surface area contributed by atoms with Crippen LogP contribution in [0.2, 0.25) is 0 Å². The molecule has 102 valence electrons. The number of likely N-dealkylation sites (N-methyl/N-ethyl adjacent to an activating group) is 1. The molecule has 0 spiro atoms. The number of benzene rings is 1. The molecule has 1 aromatic carbocycles. The highest BCUT2D eigenvalue weighted by Gasteiger charge is 2.44. The molecule has 2 amide bonds. The van der Waals surface area contributed by atoms with E-state index >= 15 is 0 Å². The van der Waals surface area contributed by atoms with E-state index < -0.39 is 0 Å². The number of carbonyl (C=O) groups excluding carboxylic acids is 2. The Hall–Kier alpha value is -1.84. The van der Waals surface area contributed by atoms with Crippen LogP contribution >= 0.6 is 0 Å². The molecule has 1 saturated heterocycles. The Morgan fingerprint density at radius 1 is 1.21 bits per heavy atom. The van der Waals surface area contributed by atoms with Gasteiger partial charge in [0.1, 0.15) is 12.7 Å². The number of rotatable bonds is 1. The summed E-state index contributed by atoms with van der Waals surface area (Å²) in [5, 5.41) is 0. The van der Waals surface area contributed by atoms with Crippen LogP contribution in [-0.4, -0.2) is 41.4 Å². The molecule has 1 atom stereocenters. The molecule has 2 rings (SSSR count). The Bertz CT molecular complexity index is 491. The third-order valence-corrected chi connectivity index (χ3v) is 3.42. The van der Waals surface area contributed by atoms with Crippen molar-refractivity contribution in [2.45, 2.75) is 26.9 Å². The van der Waals surface area contributed by atoms with Crippen molar-refractivity contribution in [2.24, 2.45) is 5.41 Å². The van der Waals surface area contributed by atoms with Gasteiger partial charge < -0.3 is 9.80 Å². The molecule has 1 aliphatic rings. The lowest BCUT2D eigenvalue weighted by molar-refractivity contribution is -0.127. The first kappa shape index (κ1) is 13.6. The SMILES string of the molecule is CN1C(=O)CN(C(=O)c2ccccc2)[C@@H]1C(C)(C)C. The topological polar surface area (TPSA) is 40.6 Å². The van der Waals surface area contributed by atoms with Gasteiger partial charge in [-0.3, -0.25) is 9.59 Å². The molecule has 1 aliphatic heterocycles. The molecular formula is C15H20N2O2. The fourth-order valence-corrected chi connectivity index (χ4v) is 2.67. The van der Waals surface area contributed by atoms with Gasteiger partial charge in [-0.1, -0.05) is 39.0 Å². The fourth-order valence-electron chi connectivity index (χ4n) is 2.67. The number of amides is 2. The standard InChI is InChI=1S/C15H20N2O2/c1-15(2,3)14-16(4)12(18)10-17(14)13(19)11-8-6-5-7-9-11/h5-9,14H,10H2,1-4H3/t14-/m1/s1. The molecule has 1 aromatic rings. The van der Waals surface area contributed by atoms with Crippen LogP contribution in [0.15, 0.2) is 30.3 Å². The molecule has 0 N–H and O–H groups in total. The zero-order valence-electron chi connectivity index (χ0n) is 11.9. The second-order valence-corrected chi connectivity index (χ2v) is 6.04. The quantitative estimate of drug-likeness (QED) is 0.774. The number of hydrogen-bond acceptors (Lipinski definition) is 2. The van der Waals surface area contributed by atoms with Gasteiger partial charge >= 0.3 is 0 Å². The summed E-state index contributed by atoms with van der Waals surface area (Å²) in [6.07, 6.45) is -0.201. The van der Waals surface area contributed by atoms with Crippen molar-refractivity contribution < 1.29 is 9.59 Å². The highest BCUT2D eigenvalue weighted by molar-refractivity contribution is 5.98. The summed E-state index contributed by atoms with van der Waals surface area (Å²) in [5.41, 5.74) is 0.450. The second kappa shape index (κ2) is 4.68. The number of nitrogens with zero attached hydrogens (tertiary/aromatic N) is 2. The molecule has 1 heterocycles. The monoisotopic (exact) mass is 260 g/mol. The molecule has 0 aromatic heterocycles. The number of carbonyl (C=O) groups is 2. The van der Waals surface area contributed by atoms with E-state index in [0.717, 1.165) is 0 Å². The van der Waals surface area contributed by atoms with Crippen LogP contribution in [0.25, 0.3) is 0 Å². The van der Waals surface area contributed by atoms with E-state index in [1.807, 2.05) is 39.0 Å². The van der Waals surface area contributed by atoms with Gasteiger partial charge in [-0.25, -0.2) is 0 Å². The zero-order chi connectivity index (χ0) is 14.2. The lowest BCUT2D eigenvalue weighted by atomic mass is 9.91. The lowest BCUT2D eigenvalue weighted by Crippen LogP contribution is -2.49. The molecule has 0 aliphatic carbocycles. The Balaban J connectivity index is 2.33. The van der Waals surface area contributed by atoms with Crippen LogP contribution in [0.1, 0.15) is 31.1 Å². The first-order valence-electron chi connectivity index (χ1n) is 6.44. The van der Waals surface area contributed by atoms with Gasteiger partial charge in [0.2, 0.25) is 5.91 Å². The van der Waals surface area contributed by atoms with Gasteiger partial charge in [0.15, 0.2) is 0 Å². The normalized spacial score (nSPS) is 20.0. The van der Waals surface area contributed by atoms with Crippen LogP contribution in [0.3, 0.4) is 0 Å². The van der Waals surface area contributed by atoms with Crippen LogP contribution < -0.4 is 0 Å². The Kier molecular flexibility index (Phi) is 3.35. The van der Waals surface area contributed by atoms with E-state index in [2.05, 4.69) is 0 Å². The van der Waals surface area contributed by atoms with Gasteiger partial charge in [-0.05, 0) is 12.1 Å². The van der Waals surface area contributed by atoms with Gasteiger partial charge in [0, 0.05) is 18.0 Å². The van der Waals surface area contributed by atoms with E-state index in [4.69, 9.17) is 0 Å². The van der Waals surface area contributed by atoms with Crippen LogP contribution in [-0.2, 0) is 4.79 Å². The molecular weight excluding hydrogens is 240 g/mol. The zero-order valence-corrected chi connectivity index (χ0v) is 11.9. The first-order chi connectivity index (χ1) is 8.82. The van der Waals surface area contributed by atoms with Gasteiger partial charge in [0.25, 0.3) is 5.91 Å². The summed E-state index contributed by atoms with van der Waals surface area (Å²) in [5.74, 6) is -0.0950. The van der Waals surface area contributed by atoms with E-state index in [1.165, 1.54) is 0 Å². The molecule has 19 heavy (non-hydrogen) atoms. The smallest absolute Gasteiger partial charge is 0.255 e. The maximum absolute atomic E-state index is 12.5. The van der Waals surface area contributed by atoms with Gasteiger partial charge in [-0.2, -0.15) is 0 Å². The third kappa shape index (κ3) is 2.48. The molecule has 1 fully saturated rings. The molecule has 0 bridgehead atoms. The summed E-state index contributed by atoms with van der Waals surface area (Å²) >= 11 is 0. The van der Waals surface area contributed by atoms with E-state index in [1.54, 1.807) is 29.0 Å². The van der Waals surface area contributed by atoms with E-state index in [9.17, 15) is 9.59 Å². The summed E-state index contributed by atoms with van der Waals surface area (Å²) in [7, 11) is 1.76. The first-order valence-corrected chi connectivity index (χ1v) is 6.44. The van der Waals surface area contributed by atoms with Crippen molar-refractivity contribution in [3.05, 3.63) is 35.9 Å². The van der Waals surface area contributed by atoms with Crippen molar-refractivity contribution in [3.8, 4) is 0 Å². The largest absolute Gasteiger partial charge is 0.323 e. The predicted octanol–water partition coefficient (Wildman–Crippen LogP) is 1.97. The molecule has 0 saturated carbocycles. The minimum absolute atomic E-state index is 0.00999. The minimum Gasteiger partial charge on any atom is -0.323 e. The average molecular weight is 260 g/mol. The Morgan fingerprint density at radius 3 is 2.32 bits per heavy atom. The van der Waals surface area contributed by atoms with E-state index in [0.29, 0.717) is 5.56 Å². The minimum atomic E-state index is -0.201. The summed E-state index contributed by atoms with van der Waals surface area (Å²) in [6.45, 7) is 6.28. The van der Waals surface area contributed by atoms with Gasteiger partial charge in [0.05, 0.1) is 0 Å². The summed E-state index contributed by atoms with van der Waals surface area (Å²) < 4.78 is 0. The van der Waals surface area contributed by atoms with Crippen molar-refractivity contribution in [1.29, 1.82) is 0 Å². The Morgan fingerprint density at radius 2 is 1.79 bits per heavy atom. The molecule has 0 unspecified atom stereocenters. The van der Waals surface area contributed by atoms with Gasteiger partial charge in [-0.15, -0.1) is 0 Å². The van der Waals surface area contributed by atoms with Crippen molar-refractivity contribution >= 4 is 11.8 Å². The fraction of sp³-hybridized carbons (Fsp3) is 0.467. The van der Waals surface area contributed by atoms with Crippen LogP contribution in [0, 0.1) is 5.41 Å². The van der Waals surface area contributed by atoms with E-state index in [-0.39, 0.29) is 29.9 Å². The molecule has 0 radical (unpaired) electrons. The maximum Gasteiger partial charge on any atom is 0.255 e. The molecule has 4 nitrogen and oxygen atoms in total. The highest BCUT2D eigenvalue weighted by Crippen LogP contribution is 2.31. The number of hydrogen-bond donors (Lipinski definition) is 0. The second-order valence-electron chi connectivity index (χ2n) is 6.04. The maximum atomic E-state index is 12.5. The average Bonchev–Trinajstić information content (AvgIpc) is 2.65. The molecule has 4 heteroatoms. The van der Waals surface area contributed by atoms with Crippen molar-refractivity contribution in [1.82, 2.24) is 9.80 Å². The third-order valence-electron chi connectivity index (χ3n) is 3.42. The highest BCUT2D eigenvalue weighted by atomic mass is 16.2. The summed E-state index contributed by atoms with van der Waals surface area (Å²) in [6, 6.07) is 9.11. The van der Waals surface area contributed by atoms with Crippen molar-refractivity contribution in [2.75, 3.05) is 13.6 Å². The Labute approximate surface area is 114 Å². The lowest BCUT2D eigenvalue weighted by Gasteiger charge is -2.37. The predicted molar refractivity (Wildman–Crippen MR) is 73.5 cm³/mol. The van der Waals surface area contributed by atoms with Crippen LogP contribution in [0.5, 0.6) is 0 Å².